The van der Waals surface area contributed by atoms with Gasteiger partial charge in [0.25, 0.3) is 5.91 Å². The zero-order valence-corrected chi connectivity index (χ0v) is 19.6. The lowest BCUT2D eigenvalue weighted by Gasteiger charge is -2.26. The molecule has 1 aliphatic rings. The molecule has 0 fully saturated rings. The Morgan fingerprint density at radius 1 is 0.879 bits per heavy atom. The van der Waals surface area contributed by atoms with Crippen LogP contribution in [-0.2, 0) is 0 Å². The van der Waals surface area contributed by atoms with Gasteiger partial charge in [-0.15, -0.1) is 0 Å². The fraction of sp³-hybridized carbons (Fsp3) is 0.241. The molecule has 0 bridgehead atoms. The van der Waals surface area contributed by atoms with Crippen molar-refractivity contribution in [2.45, 2.75) is 46.6 Å². The van der Waals surface area contributed by atoms with E-state index < -0.39 is 6.04 Å². The number of nitrogens with zero attached hydrogens (tertiary/aromatic N) is 1. The number of carbonyl (C=O) groups is 1. The largest absolute Gasteiger partial charge is 0.450 e. The molecule has 166 valence electrons. The van der Waals surface area contributed by atoms with Gasteiger partial charge in [-0.1, -0.05) is 50.2 Å². The van der Waals surface area contributed by atoms with E-state index in [0.717, 1.165) is 27.9 Å². The second-order valence-corrected chi connectivity index (χ2v) is 9.34. The van der Waals surface area contributed by atoms with E-state index in [-0.39, 0.29) is 17.1 Å². The highest BCUT2D eigenvalue weighted by atomic mass is 16.3. The summed E-state index contributed by atoms with van der Waals surface area (Å²) in [7, 11) is 0. The molecule has 0 saturated carbocycles. The van der Waals surface area contributed by atoms with Gasteiger partial charge in [0.1, 0.15) is 5.58 Å². The van der Waals surface area contributed by atoms with Crippen molar-refractivity contribution in [1.82, 2.24) is 0 Å². The summed E-state index contributed by atoms with van der Waals surface area (Å²) in [6, 6.07) is 19.2. The Bertz CT molecular complexity index is 1460. The van der Waals surface area contributed by atoms with Crippen molar-refractivity contribution in [2.24, 2.45) is 0 Å². The van der Waals surface area contributed by atoms with Crippen molar-refractivity contribution in [2.75, 3.05) is 4.90 Å². The van der Waals surface area contributed by atoms with E-state index >= 15 is 0 Å². The van der Waals surface area contributed by atoms with Gasteiger partial charge in [-0.3, -0.25) is 14.5 Å². The normalized spacial score (nSPS) is 15.5. The standard InChI is InChI=1S/C29H27NO3/c1-16(2)20-9-11-21(12-10-20)26-25-27(31)23-14-18(4)19(5)15-24(23)33-28(25)29(32)30(26)22-8-6-7-17(3)13-22/h6-16,26H,1-5H3. The van der Waals surface area contributed by atoms with Gasteiger partial charge in [-0.2, -0.15) is 0 Å². The molecule has 0 aliphatic carbocycles. The van der Waals surface area contributed by atoms with Crippen LogP contribution in [0.5, 0.6) is 0 Å². The Hall–Kier alpha value is -3.66. The maximum Gasteiger partial charge on any atom is 0.295 e. The van der Waals surface area contributed by atoms with Gasteiger partial charge in [0, 0.05) is 5.69 Å². The number of anilines is 1. The Labute approximate surface area is 193 Å². The molecule has 4 aromatic rings. The van der Waals surface area contributed by atoms with Crippen molar-refractivity contribution in [1.29, 1.82) is 0 Å². The third kappa shape index (κ3) is 3.37. The van der Waals surface area contributed by atoms with Crippen LogP contribution in [-0.4, -0.2) is 5.91 Å². The van der Waals surface area contributed by atoms with E-state index in [4.69, 9.17) is 4.42 Å². The van der Waals surface area contributed by atoms with Crippen LogP contribution in [0.1, 0.15) is 69.7 Å². The van der Waals surface area contributed by atoms with E-state index in [1.165, 1.54) is 5.56 Å². The number of carbonyl (C=O) groups excluding carboxylic acids is 1. The van der Waals surface area contributed by atoms with Crippen molar-refractivity contribution >= 4 is 22.6 Å². The van der Waals surface area contributed by atoms with Crippen LogP contribution in [0, 0.1) is 20.8 Å². The van der Waals surface area contributed by atoms with Crippen molar-refractivity contribution in [3.63, 3.8) is 0 Å². The molecule has 33 heavy (non-hydrogen) atoms. The summed E-state index contributed by atoms with van der Waals surface area (Å²) in [5, 5.41) is 0.513. The van der Waals surface area contributed by atoms with E-state index in [1.54, 1.807) is 4.90 Å². The number of hydrogen-bond donors (Lipinski definition) is 0. The quantitative estimate of drug-likeness (QED) is 0.363. The smallest absolute Gasteiger partial charge is 0.295 e. The van der Waals surface area contributed by atoms with Gasteiger partial charge in [0.2, 0.25) is 5.76 Å². The van der Waals surface area contributed by atoms with Crippen molar-refractivity contribution in [3.05, 3.63) is 110 Å². The molecule has 4 nitrogen and oxygen atoms in total. The second kappa shape index (κ2) is 7.73. The highest BCUT2D eigenvalue weighted by Crippen LogP contribution is 2.41. The van der Waals surface area contributed by atoms with Crippen molar-refractivity contribution in [3.8, 4) is 0 Å². The number of fused-ring (bicyclic) bond motifs is 2. The second-order valence-electron chi connectivity index (χ2n) is 9.34. The van der Waals surface area contributed by atoms with Gasteiger partial charge in [-0.05, 0) is 78.8 Å². The summed E-state index contributed by atoms with van der Waals surface area (Å²) in [6.45, 7) is 10.2. The highest BCUT2D eigenvalue weighted by molar-refractivity contribution is 6.10. The Kier molecular flexibility index (Phi) is 4.97. The minimum Gasteiger partial charge on any atom is -0.450 e. The van der Waals surface area contributed by atoms with Crippen LogP contribution in [0.15, 0.2) is 69.9 Å². The first-order chi connectivity index (χ1) is 15.8. The fourth-order valence-electron chi connectivity index (χ4n) is 4.65. The maximum absolute atomic E-state index is 13.8. The van der Waals surface area contributed by atoms with Crippen molar-refractivity contribution < 1.29 is 9.21 Å². The fourth-order valence-corrected chi connectivity index (χ4v) is 4.65. The molecule has 1 unspecified atom stereocenters. The maximum atomic E-state index is 13.8. The number of aryl methyl sites for hydroxylation is 3. The van der Waals surface area contributed by atoms with E-state index in [2.05, 4.69) is 26.0 Å². The molecular weight excluding hydrogens is 410 g/mol. The highest BCUT2D eigenvalue weighted by Gasteiger charge is 2.43. The number of hydrogen-bond acceptors (Lipinski definition) is 3. The molecule has 0 radical (unpaired) electrons. The number of amides is 1. The Morgan fingerprint density at radius 2 is 1.58 bits per heavy atom. The molecule has 3 aromatic carbocycles. The van der Waals surface area contributed by atoms with Gasteiger partial charge in [0.15, 0.2) is 5.43 Å². The molecule has 0 saturated heterocycles. The lowest BCUT2D eigenvalue weighted by atomic mass is 9.94. The molecule has 1 aromatic heterocycles. The third-order valence-electron chi connectivity index (χ3n) is 6.69. The number of benzene rings is 3. The van der Waals surface area contributed by atoms with Crippen LogP contribution < -0.4 is 10.3 Å². The molecule has 1 aliphatic heterocycles. The molecule has 0 spiro atoms. The van der Waals surface area contributed by atoms with Crippen LogP contribution in [0.3, 0.4) is 0 Å². The lowest BCUT2D eigenvalue weighted by Crippen LogP contribution is -2.29. The zero-order valence-electron chi connectivity index (χ0n) is 19.6. The van der Waals surface area contributed by atoms with Gasteiger partial charge < -0.3 is 4.42 Å². The van der Waals surface area contributed by atoms with Crippen LogP contribution in [0.4, 0.5) is 5.69 Å². The average molecular weight is 438 g/mol. The predicted octanol–water partition coefficient (Wildman–Crippen LogP) is 6.59. The molecular formula is C29H27NO3. The first-order valence-electron chi connectivity index (χ1n) is 11.3. The first-order valence-corrected chi connectivity index (χ1v) is 11.3. The third-order valence-corrected chi connectivity index (χ3v) is 6.69. The van der Waals surface area contributed by atoms with E-state index in [9.17, 15) is 9.59 Å². The summed E-state index contributed by atoms with van der Waals surface area (Å²) in [4.78, 5) is 29.2. The average Bonchev–Trinajstić information content (AvgIpc) is 3.08. The summed E-state index contributed by atoms with van der Waals surface area (Å²) in [5.41, 5.74) is 6.66. The van der Waals surface area contributed by atoms with Gasteiger partial charge >= 0.3 is 0 Å². The summed E-state index contributed by atoms with van der Waals surface area (Å²) in [6.07, 6.45) is 0. The molecule has 1 atom stereocenters. The van der Waals surface area contributed by atoms with E-state index in [1.807, 2.05) is 69.3 Å². The van der Waals surface area contributed by atoms with Gasteiger partial charge in [0.05, 0.1) is 17.0 Å². The monoisotopic (exact) mass is 437 g/mol. The SMILES string of the molecule is Cc1cccc(N2C(=O)c3oc4cc(C)c(C)cc4c(=O)c3C2c2ccc(C(C)C)cc2)c1. The molecule has 1 amide bonds. The summed E-state index contributed by atoms with van der Waals surface area (Å²) >= 11 is 0. The Morgan fingerprint density at radius 3 is 2.24 bits per heavy atom. The summed E-state index contributed by atoms with van der Waals surface area (Å²) < 4.78 is 6.14. The zero-order chi connectivity index (χ0) is 23.4. The van der Waals surface area contributed by atoms with Crippen LogP contribution in [0.2, 0.25) is 0 Å². The first kappa shape index (κ1) is 21.2. The predicted molar refractivity (Wildman–Crippen MR) is 132 cm³/mol. The van der Waals surface area contributed by atoms with Gasteiger partial charge in [-0.25, -0.2) is 0 Å². The minimum absolute atomic E-state index is 0.134. The van der Waals surface area contributed by atoms with Crippen LogP contribution in [0.25, 0.3) is 11.0 Å². The Balaban J connectivity index is 1.80. The lowest BCUT2D eigenvalue weighted by molar-refractivity contribution is 0.0971. The van der Waals surface area contributed by atoms with E-state index in [0.29, 0.717) is 22.5 Å². The topological polar surface area (TPSA) is 50.5 Å². The molecule has 2 heterocycles. The van der Waals surface area contributed by atoms with Crippen LogP contribution >= 0.6 is 0 Å². The summed E-state index contributed by atoms with van der Waals surface area (Å²) in [5.74, 6) is 0.241. The minimum atomic E-state index is -0.544. The molecule has 4 heteroatoms. The molecule has 0 N–H and O–H groups in total. The number of rotatable bonds is 3. The molecule has 5 rings (SSSR count).